The molecule has 1 fully saturated rings. The van der Waals surface area contributed by atoms with Crippen LogP contribution in [0.4, 0.5) is 0 Å². The number of hydrogen-bond acceptors (Lipinski definition) is 6. The van der Waals surface area contributed by atoms with Gasteiger partial charge in [-0.15, -0.1) is 0 Å². The molecule has 0 bridgehead atoms. The van der Waals surface area contributed by atoms with Crippen molar-refractivity contribution in [2.45, 2.75) is 170 Å². The van der Waals surface area contributed by atoms with E-state index in [1.807, 2.05) is 0 Å². The van der Waals surface area contributed by atoms with Crippen molar-refractivity contribution in [2.24, 2.45) is 5.92 Å². The smallest absolute Gasteiger partial charge is 0.196 e. The quantitative estimate of drug-likeness (QED) is 0.101. The van der Waals surface area contributed by atoms with E-state index in [-0.39, 0.29) is 22.4 Å². The van der Waals surface area contributed by atoms with Crippen molar-refractivity contribution in [1.29, 1.82) is 0 Å². The molecule has 0 radical (unpaired) electrons. The second kappa shape index (κ2) is 21.8. The van der Waals surface area contributed by atoms with Crippen LogP contribution in [-0.4, -0.2) is 11.6 Å². The van der Waals surface area contributed by atoms with Crippen molar-refractivity contribution < 1.29 is 9.59 Å². The van der Waals surface area contributed by atoms with Gasteiger partial charge in [0, 0.05) is 61.4 Å². The van der Waals surface area contributed by atoms with Gasteiger partial charge in [-0.05, 0) is 162 Å². The Kier molecular flexibility index (Phi) is 15.7. The molecule has 2 aliphatic rings. The van der Waals surface area contributed by atoms with E-state index >= 15 is 9.59 Å². The molecule has 0 aliphatic heterocycles. The van der Waals surface area contributed by atoms with E-state index in [9.17, 15) is 0 Å². The summed E-state index contributed by atoms with van der Waals surface area (Å²) in [6.07, 6.45) is 10.8. The molecule has 7 aromatic rings. The highest BCUT2D eigenvalue weighted by molar-refractivity contribution is 8.00. The van der Waals surface area contributed by atoms with Crippen LogP contribution in [-0.2, 0) is 10.8 Å². The third-order valence-electron chi connectivity index (χ3n) is 14.5. The molecule has 6 heteroatoms. The van der Waals surface area contributed by atoms with Crippen molar-refractivity contribution in [1.82, 2.24) is 0 Å². The molecular formula is C65H68O2S4. The minimum absolute atomic E-state index is 0.0109. The van der Waals surface area contributed by atoms with Crippen molar-refractivity contribution in [3.63, 3.8) is 0 Å². The Morgan fingerprint density at radius 2 is 0.887 bits per heavy atom. The van der Waals surface area contributed by atoms with Gasteiger partial charge >= 0.3 is 0 Å². The summed E-state index contributed by atoms with van der Waals surface area (Å²) in [5.74, 6) is 1.36. The second-order valence-electron chi connectivity index (χ2n) is 21.9. The monoisotopic (exact) mass is 1010 g/mol. The van der Waals surface area contributed by atoms with Gasteiger partial charge in [0.1, 0.15) is 0 Å². The zero-order chi connectivity index (χ0) is 50.0. The Bertz CT molecular complexity index is 3020. The van der Waals surface area contributed by atoms with Crippen molar-refractivity contribution >= 4 is 58.6 Å². The van der Waals surface area contributed by atoms with Gasteiger partial charge in [-0.2, -0.15) is 0 Å². The van der Waals surface area contributed by atoms with E-state index in [0.717, 1.165) is 50.6 Å². The van der Waals surface area contributed by atoms with Crippen molar-refractivity contribution in [2.75, 3.05) is 0 Å². The van der Waals surface area contributed by atoms with Gasteiger partial charge in [0.25, 0.3) is 0 Å². The van der Waals surface area contributed by atoms with E-state index in [1.165, 1.54) is 84.7 Å². The third kappa shape index (κ3) is 11.7. The Morgan fingerprint density at radius 3 is 1.38 bits per heavy atom. The molecule has 0 atom stereocenters. The summed E-state index contributed by atoms with van der Waals surface area (Å²) in [5, 5.41) is 0. The highest BCUT2D eigenvalue weighted by Gasteiger charge is 2.39. The fourth-order valence-corrected chi connectivity index (χ4v) is 14.1. The molecular weight excluding hydrogens is 941 g/mol. The average Bonchev–Trinajstić information content (AvgIpc) is 3.35. The maximum atomic E-state index is 15.8. The number of carbonyl (C=O) groups is 2. The molecule has 0 amide bonds. The van der Waals surface area contributed by atoms with Crippen LogP contribution in [0.2, 0.25) is 0 Å². The topological polar surface area (TPSA) is 34.1 Å². The molecule has 364 valence electrons. The summed E-state index contributed by atoms with van der Waals surface area (Å²) >= 11 is 6.27. The Balaban J connectivity index is 1.08. The lowest BCUT2D eigenvalue weighted by Gasteiger charge is -2.29. The lowest BCUT2D eigenvalue weighted by molar-refractivity contribution is 0.0970. The van der Waals surface area contributed by atoms with Gasteiger partial charge in [-0.3, -0.25) is 9.59 Å². The van der Waals surface area contributed by atoms with Gasteiger partial charge in [0.05, 0.1) is 0 Å². The fraction of sp³-hybridized carbons (Fsp3) is 0.323. The molecule has 2 aliphatic carbocycles. The predicted molar refractivity (Wildman–Crippen MR) is 303 cm³/mol. The summed E-state index contributed by atoms with van der Waals surface area (Å²) < 4.78 is 0. The molecule has 2 nitrogen and oxygen atoms in total. The maximum Gasteiger partial charge on any atom is 0.196 e. The summed E-state index contributed by atoms with van der Waals surface area (Å²) in [4.78, 5) is 39.0. The lowest BCUT2D eigenvalue weighted by atomic mass is 9.77. The van der Waals surface area contributed by atoms with Crippen LogP contribution in [0.1, 0.15) is 165 Å². The van der Waals surface area contributed by atoms with Gasteiger partial charge in [-0.1, -0.05) is 200 Å². The highest BCUT2D eigenvalue weighted by Crippen LogP contribution is 2.50. The molecule has 0 unspecified atom stereocenters. The molecule has 0 aromatic heterocycles. The van der Waals surface area contributed by atoms with Gasteiger partial charge < -0.3 is 0 Å². The molecule has 0 spiro atoms. The van der Waals surface area contributed by atoms with Crippen LogP contribution in [0.3, 0.4) is 0 Å². The first-order valence-corrected chi connectivity index (χ1v) is 28.9. The molecule has 0 saturated heterocycles. The first-order chi connectivity index (χ1) is 34.0. The third-order valence-corrected chi connectivity index (χ3v) is 18.9. The summed E-state index contributed by atoms with van der Waals surface area (Å²) in [7, 11) is 0. The number of benzene rings is 7. The van der Waals surface area contributed by atoms with Crippen LogP contribution < -0.4 is 0 Å². The van der Waals surface area contributed by atoms with E-state index < -0.39 is 0 Å². The van der Waals surface area contributed by atoms with Gasteiger partial charge in [0.15, 0.2) is 11.6 Å². The fourth-order valence-electron chi connectivity index (χ4n) is 10.1. The summed E-state index contributed by atoms with van der Waals surface area (Å²) in [6.45, 7) is 19.8. The summed E-state index contributed by atoms with van der Waals surface area (Å²) in [6, 6.07) is 49.9. The number of unbranched alkanes of at least 4 members (excludes halogenated alkanes) is 2. The van der Waals surface area contributed by atoms with E-state index in [4.69, 9.17) is 0 Å². The van der Waals surface area contributed by atoms with Crippen LogP contribution in [0.5, 0.6) is 0 Å². The maximum absolute atomic E-state index is 15.8. The first-order valence-electron chi connectivity index (χ1n) is 25.7. The number of aryl methyl sites for hydroxylation is 2. The Labute approximate surface area is 441 Å². The number of carbonyl (C=O) groups excluding carboxylic acids is 2. The van der Waals surface area contributed by atoms with Crippen LogP contribution in [0.25, 0.3) is 11.1 Å². The minimum Gasteiger partial charge on any atom is -0.288 e. The minimum atomic E-state index is -0.108. The molecule has 71 heavy (non-hydrogen) atoms. The standard InChI is InChI=1S/C65H68O2S4/c1-10-11-12-13-43-16-18-44(19-17-43)45-20-22-46(23-21-45)47-24-32-50(33-25-47)70-56-40-42(3)63(71-53-30-14-41(2)15-31-53)60-59(56)61(66)57-54(68-51-34-26-48(27-35-51)64(4,5)6)38-39-55(58(57)62(60)67)69-52-36-28-49(29-37-52)65(7,8)9/h14-15,20-40,43-44H,10-13,16-19H2,1-9H3. The lowest BCUT2D eigenvalue weighted by Crippen LogP contribution is -2.25. The first kappa shape index (κ1) is 51.2. The van der Waals surface area contributed by atoms with Crippen LogP contribution in [0, 0.1) is 19.8 Å². The summed E-state index contributed by atoms with van der Waals surface area (Å²) in [5.41, 5.74) is 10.5. The normalized spacial score (nSPS) is 16.0. The number of ketones is 2. The van der Waals surface area contributed by atoms with Crippen molar-refractivity contribution in [3.05, 3.63) is 190 Å². The van der Waals surface area contributed by atoms with Crippen molar-refractivity contribution in [3.8, 4) is 11.1 Å². The number of fused-ring (bicyclic) bond motifs is 2. The van der Waals surface area contributed by atoms with E-state index in [2.05, 4.69) is 202 Å². The number of rotatable bonds is 14. The Hall–Kier alpha value is -4.72. The highest BCUT2D eigenvalue weighted by atomic mass is 32.2. The molecule has 0 heterocycles. The van der Waals surface area contributed by atoms with E-state index in [1.54, 1.807) is 47.0 Å². The molecule has 9 rings (SSSR count). The second-order valence-corrected chi connectivity index (χ2v) is 26.3. The molecule has 7 aromatic carbocycles. The van der Waals surface area contributed by atoms with E-state index in [0.29, 0.717) is 28.2 Å². The predicted octanol–water partition coefficient (Wildman–Crippen LogP) is 19.8. The largest absolute Gasteiger partial charge is 0.288 e. The van der Waals surface area contributed by atoms with Gasteiger partial charge in [0.2, 0.25) is 0 Å². The van der Waals surface area contributed by atoms with Crippen LogP contribution in [0.15, 0.2) is 179 Å². The Morgan fingerprint density at radius 1 is 0.465 bits per heavy atom. The van der Waals surface area contributed by atoms with Gasteiger partial charge in [-0.25, -0.2) is 0 Å². The zero-order valence-electron chi connectivity index (χ0n) is 43.0. The van der Waals surface area contributed by atoms with Crippen LogP contribution >= 0.6 is 47.0 Å². The SMILES string of the molecule is CCCCCC1CCC(c2ccc(-c3ccc(Sc4cc(C)c(Sc5ccc(C)cc5)c5c4C(=O)c4c(Sc6ccc(C(C)(C)C)cc6)ccc(Sc6ccc(C(C)(C)C)cc6)c4C5=O)cc3)cc2)CC1. The molecule has 1 saturated carbocycles. The number of hydrogen-bond donors (Lipinski definition) is 0. The zero-order valence-corrected chi connectivity index (χ0v) is 46.3. The average molecular weight is 1010 g/mol. The molecule has 0 N–H and O–H groups in total.